The monoisotopic (exact) mass is 324 g/mol. The van der Waals surface area contributed by atoms with Crippen LogP contribution in [-0.4, -0.2) is 28.2 Å². The normalized spacial score (nSPS) is 19.9. The van der Waals surface area contributed by atoms with Crippen molar-refractivity contribution in [1.82, 2.24) is 9.88 Å². The molecule has 0 bridgehead atoms. The fourth-order valence-electron chi connectivity index (χ4n) is 2.17. The molecule has 19 heavy (non-hydrogen) atoms. The Labute approximate surface area is 121 Å². The van der Waals surface area contributed by atoms with Crippen molar-refractivity contribution in [2.75, 3.05) is 6.54 Å². The number of likely N-dealkylation sites (tertiary alicyclic amines) is 1. The van der Waals surface area contributed by atoms with E-state index in [1.807, 2.05) is 0 Å². The molecular weight excluding hydrogens is 308 g/mol. The van der Waals surface area contributed by atoms with Crippen molar-refractivity contribution in [3.8, 4) is 0 Å². The van der Waals surface area contributed by atoms with Gasteiger partial charge in [-0.25, -0.2) is 0 Å². The first-order chi connectivity index (χ1) is 8.79. The fraction of sp³-hybridized carbons (Fsp3) is 0.500. The van der Waals surface area contributed by atoms with Crippen molar-refractivity contribution in [3.05, 3.63) is 28.5 Å². The van der Waals surface area contributed by atoms with Crippen molar-refractivity contribution in [2.24, 2.45) is 11.3 Å². The third-order valence-corrected chi connectivity index (χ3v) is 3.98. The molecule has 102 valence electrons. The highest BCUT2D eigenvalue weighted by Gasteiger charge is 2.39. The van der Waals surface area contributed by atoms with Crippen molar-refractivity contribution < 1.29 is 9.59 Å². The Morgan fingerprint density at radius 1 is 1.42 bits per heavy atom. The molecule has 1 aromatic rings. The maximum atomic E-state index is 12.3. The van der Waals surface area contributed by atoms with E-state index in [2.05, 4.69) is 41.7 Å². The van der Waals surface area contributed by atoms with Gasteiger partial charge in [-0.1, -0.05) is 20.8 Å². The van der Waals surface area contributed by atoms with Crippen LogP contribution in [0.25, 0.3) is 0 Å². The molecule has 0 spiro atoms. The minimum atomic E-state index is -0.259. The van der Waals surface area contributed by atoms with Gasteiger partial charge in [-0.15, -0.1) is 0 Å². The van der Waals surface area contributed by atoms with Gasteiger partial charge in [0.2, 0.25) is 5.91 Å². The average Bonchev–Trinajstić information content (AvgIpc) is 2.70. The summed E-state index contributed by atoms with van der Waals surface area (Å²) < 4.78 is 0.734. The fourth-order valence-corrected chi connectivity index (χ4v) is 2.53. The second-order valence-corrected chi connectivity index (χ2v) is 6.88. The summed E-state index contributed by atoms with van der Waals surface area (Å²) in [6, 6.07) is 1.69. The Morgan fingerprint density at radius 2 is 2.11 bits per heavy atom. The van der Waals surface area contributed by atoms with Gasteiger partial charge in [-0.05, 0) is 33.3 Å². The first-order valence-corrected chi connectivity index (χ1v) is 7.03. The lowest BCUT2D eigenvalue weighted by atomic mass is 9.80. The minimum absolute atomic E-state index is 0.0280. The van der Waals surface area contributed by atoms with E-state index in [0.29, 0.717) is 18.5 Å². The van der Waals surface area contributed by atoms with Crippen LogP contribution >= 0.6 is 15.9 Å². The predicted octanol–water partition coefficient (Wildman–Crippen LogP) is 2.88. The number of imide groups is 1. The molecule has 2 heterocycles. The highest BCUT2D eigenvalue weighted by atomic mass is 79.9. The lowest BCUT2D eigenvalue weighted by molar-refractivity contribution is -0.125. The zero-order chi connectivity index (χ0) is 14.2. The Morgan fingerprint density at radius 3 is 2.63 bits per heavy atom. The van der Waals surface area contributed by atoms with E-state index in [4.69, 9.17) is 0 Å². The number of aromatic nitrogens is 1. The zero-order valence-electron chi connectivity index (χ0n) is 11.3. The minimum Gasteiger partial charge on any atom is -0.278 e. The van der Waals surface area contributed by atoms with E-state index in [1.165, 1.54) is 11.1 Å². The van der Waals surface area contributed by atoms with Gasteiger partial charge >= 0.3 is 0 Å². The summed E-state index contributed by atoms with van der Waals surface area (Å²) in [5.41, 5.74) is 0.470. The average molecular weight is 325 g/mol. The summed E-state index contributed by atoms with van der Waals surface area (Å²) in [4.78, 5) is 29.6. The lowest BCUT2D eigenvalue weighted by Crippen LogP contribution is -2.33. The third kappa shape index (κ3) is 3.03. The van der Waals surface area contributed by atoms with Gasteiger partial charge in [-0.3, -0.25) is 19.5 Å². The van der Waals surface area contributed by atoms with Crippen LogP contribution in [0.1, 0.15) is 37.6 Å². The van der Waals surface area contributed by atoms with Gasteiger partial charge in [-0.2, -0.15) is 0 Å². The number of carbonyl (C=O) groups is 2. The summed E-state index contributed by atoms with van der Waals surface area (Å²) in [7, 11) is 0. The third-order valence-electron chi connectivity index (χ3n) is 3.55. The van der Waals surface area contributed by atoms with Crippen LogP contribution in [0.3, 0.4) is 0 Å². The number of carbonyl (C=O) groups excluding carboxylic acids is 2. The highest BCUT2D eigenvalue weighted by Crippen LogP contribution is 2.34. The Bertz CT molecular complexity index is 522. The molecule has 0 N–H and O–H groups in total. The van der Waals surface area contributed by atoms with Crippen LogP contribution in [0.15, 0.2) is 22.9 Å². The number of amides is 2. The topological polar surface area (TPSA) is 50.3 Å². The first kappa shape index (κ1) is 14.2. The van der Waals surface area contributed by atoms with E-state index < -0.39 is 0 Å². The summed E-state index contributed by atoms with van der Waals surface area (Å²) in [6.45, 7) is 6.78. The molecule has 4 nitrogen and oxygen atoms in total. The Hall–Kier alpha value is -1.23. The van der Waals surface area contributed by atoms with Crippen LogP contribution in [0.2, 0.25) is 0 Å². The van der Waals surface area contributed by atoms with Crippen LogP contribution in [0.5, 0.6) is 0 Å². The molecule has 2 amide bonds. The smallest absolute Gasteiger partial charge is 0.262 e. The largest absolute Gasteiger partial charge is 0.278 e. The number of nitrogens with zero attached hydrogens (tertiary/aromatic N) is 2. The van der Waals surface area contributed by atoms with Crippen molar-refractivity contribution in [1.29, 1.82) is 0 Å². The van der Waals surface area contributed by atoms with Gasteiger partial charge in [0.05, 0.1) is 5.56 Å². The zero-order valence-corrected chi connectivity index (χ0v) is 12.9. The molecule has 1 aliphatic heterocycles. The van der Waals surface area contributed by atoms with Crippen LogP contribution < -0.4 is 0 Å². The van der Waals surface area contributed by atoms with Gasteiger partial charge in [0.25, 0.3) is 5.91 Å². The van der Waals surface area contributed by atoms with Gasteiger partial charge < -0.3 is 0 Å². The van der Waals surface area contributed by atoms with E-state index in [1.54, 1.807) is 12.3 Å². The Balaban J connectivity index is 2.19. The molecule has 1 aromatic heterocycles. The van der Waals surface area contributed by atoms with Gasteiger partial charge in [0.15, 0.2) is 0 Å². The summed E-state index contributed by atoms with van der Waals surface area (Å²) in [5.74, 6) is -0.139. The molecule has 0 radical (unpaired) electrons. The van der Waals surface area contributed by atoms with Crippen molar-refractivity contribution in [2.45, 2.75) is 27.2 Å². The van der Waals surface area contributed by atoms with Crippen LogP contribution in [0, 0.1) is 11.3 Å². The maximum Gasteiger partial charge on any atom is 0.262 e. The highest BCUT2D eigenvalue weighted by molar-refractivity contribution is 9.10. The molecule has 1 aliphatic rings. The summed E-state index contributed by atoms with van der Waals surface area (Å²) in [6.07, 6.45) is 3.54. The number of hydrogen-bond acceptors (Lipinski definition) is 3. The van der Waals surface area contributed by atoms with E-state index in [9.17, 15) is 9.59 Å². The molecule has 0 aromatic carbocycles. The number of rotatable bonds is 1. The van der Waals surface area contributed by atoms with E-state index in [0.717, 1.165) is 4.47 Å². The molecule has 0 saturated carbocycles. The Kier molecular flexibility index (Phi) is 3.76. The maximum absolute atomic E-state index is 12.3. The van der Waals surface area contributed by atoms with E-state index >= 15 is 0 Å². The molecule has 5 heteroatoms. The summed E-state index contributed by atoms with van der Waals surface area (Å²) >= 11 is 3.28. The van der Waals surface area contributed by atoms with Gasteiger partial charge in [0.1, 0.15) is 0 Å². The molecular formula is C14H17BrN2O2. The van der Waals surface area contributed by atoms with Crippen molar-refractivity contribution >= 4 is 27.7 Å². The first-order valence-electron chi connectivity index (χ1n) is 6.24. The molecule has 0 aliphatic carbocycles. The quantitative estimate of drug-likeness (QED) is 0.746. The lowest BCUT2D eigenvalue weighted by Gasteiger charge is -2.26. The summed E-state index contributed by atoms with van der Waals surface area (Å²) in [5, 5.41) is 0. The molecule has 1 unspecified atom stereocenters. The molecule has 2 rings (SSSR count). The van der Waals surface area contributed by atoms with E-state index in [-0.39, 0.29) is 23.1 Å². The van der Waals surface area contributed by atoms with Crippen LogP contribution in [-0.2, 0) is 4.79 Å². The second-order valence-electron chi connectivity index (χ2n) is 5.97. The molecule has 1 fully saturated rings. The number of pyridine rings is 1. The molecule has 1 saturated heterocycles. The SMILES string of the molecule is CC(C)(C)C1CC(=O)N(C(=O)c2cncc(Br)c2)C1. The van der Waals surface area contributed by atoms with Gasteiger partial charge in [0, 0.05) is 29.8 Å². The van der Waals surface area contributed by atoms with Crippen LogP contribution in [0.4, 0.5) is 0 Å². The number of halogens is 1. The second kappa shape index (κ2) is 5.04. The predicted molar refractivity (Wildman–Crippen MR) is 75.5 cm³/mol. The van der Waals surface area contributed by atoms with Crippen molar-refractivity contribution in [3.63, 3.8) is 0 Å². The standard InChI is InChI=1S/C14H17BrN2O2/c1-14(2,3)10-5-12(18)17(8-10)13(19)9-4-11(15)7-16-6-9/h4,6-7,10H,5,8H2,1-3H3. The number of hydrogen-bond donors (Lipinski definition) is 0. The molecule has 1 atom stereocenters.